The molecule has 0 aliphatic heterocycles. The van der Waals surface area contributed by atoms with Gasteiger partial charge in [-0.25, -0.2) is 9.97 Å². The fourth-order valence-electron chi connectivity index (χ4n) is 4.51. The van der Waals surface area contributed by atoms with Crippen LogP contribution >= 0.6 is 0 Å². The lowest BCUT2D eigenvalue weighted by molar-refractivity contribution is 0.122. The van der Waals surface area contributed by atoms with Gasteiger partial charge in [0.15, 0.2) is 5.82 Å². The summed E-state index contributed by atoms with van der Waals surface area (Å²) < 4.78 is 7.97. The van der Waals surface area contributed by atoms with Crippen molar-refractivity contribution in [3.8, 4) is 0 Å². The Morgan fingerprint density at radius 1 is 1.06 bits per heavy atom. The highest BCUT2D eigenvalue weighted by Gasteiger charge is 2.29. The minimum Gasteiger partial charge on any atom is -0.382 e. The first-order valence-corrected chi connectivity index (χ1v) is 12.0. The molecule has 6 N–H and O–H groups in total. The second-order valence-electron chi connectivity index (χ2n) is 9.63. The zero-order chi connectivity index (χ0) is 24.3. The van der Waals surface area contributed by atoms with Crippen molar-refractivity contribution in [2.75, 3.05) is 18.9 Å². The molecule has 0 fully saturated rings. The number of nitrogens with zero attached hydrogens (tertiary/aromatic N) is 3. The predicted molar refractivity (Wildman–Crippen MR) is 139 cm³/mol. The second kappa shape index (κ2) is 10.1. The minimum atomic E-state index is -0.203. The molecule has 0 bridgehead atoms. The Hall–Kier alpha value is -3.00. The van der Waals surface area contributed by atoms with E-state index in [0.29, 0.717) is 37.6 Å². The molecule has 0 spiro atoms. The van der Waals surface area contributed by atoms with Crippen LogP contribution in [0.25, 0.3) is 21.9 Å². The summed E-state index contributed by atoms with van der Waals surface area (Å²) in [4.78, 5) is 9.59. The number of nitrogen functional groups attached to an aromatic ring is 1. The molecule has 0 saturated carbocycles. The highest BCUT2D eigenvalue weighted by Crippen LogP contribution is 2.33. The molecule has 1 unspecified atom stereocenters. The Bertz CT molecular complexity index is 1260. The molecule has 7 nitrogen and oxygen atoms in total. The van der Waals surface area contributed by atoms with E-state index in [1.165, 1.54) is 11.1 Å². The normalized spacial score (nSPS) is 13.1. The number of fused-ring (bicyclic) bond motifs is 3. The van der Waals surface area contributed by atoms with Crippen LogP contribution in [0.2, 0.25) is 0 Å². The van der Waals surface area contributed by atoms with Crippen LogP contribution in [0.3, 0.4) is 0 Å². The van der Waals surface area contributed by atoms with Crippen LogP contribution in [-0.2, 0) is 24.3 Å². The maximum Gasteiger partial charge on any atom is 0.152 e. The summed E-state index contributed by atoms with van der Waals surface area (Å²) in [6.45, 7) is 8.58. The van der Waals surface area contributed by atoms with Crippen molar-refractivity contribution in [2.45, 2.75) is 52.8 Å². The first kappa shape index (κ1) is 24.1. The number of pyridine rings is 1. The van der Waals surface area contributed by atoms with Gasteiger partial charge >= 0.3 is 0 Å². The van der Waals surface area contributed by atoms with Crippen molar-refractivity contribution in [1.82, 2.24) is 14.5 Å². The molecule has 1 atom stereocenters. The van der Waals surface area contributed by atoms with Crippen LogP contribution in [0.1, 0.15) is 44.1 Å². The van der Waals surface area contributed by atoms with Crippen molar-refractivity contribution in [2.24, 2.45) is 16.9 Å². The Morgan fingerprint density at radius 2 is 1.82 bits per heavy atom. The van der Waals surface area contributed by atoms with E-state index in [0.717, 1.165) is 35.1 Å². The van der Waals surface area contributed by atoms with Crippen LogP contribution in [0.15, 0.2) is 48.5 Å². The van der Waals surface area contributed by atoms with Gasteiger partial charge in [0.1, 0.15) is 17.9 Å². The van der Waals surface area contributed by atoms with Crippen molar-refractivity contribution in [3.63, 3.8) is 0 Å². The van der Waals surface area contributed by atoms with Crippen LogP contribution in [0.4, 0.5) is 5.82 Å². The van der Waals surface area contributed by atoms with E-state index in [4.69, 9.17) is 31.9 Å². The van der Waals surface area contributed by atoms with Crippen molar-refractivity contribution < 1.29 is 4.74 Å². The standard InChI is InChI=1S/C27H36N6O/c1-4-34-16-23-32-24-25(33(23)17-27(2,3)22(29)12-13-28)20-11-10-19(15-21(20)31-26(24)30)14-18-8-6-5-7-9-18/h5-11,15,22H,4,12-14,16-17,28-29H2,1-3H3,(H2,30,31). The predicted octanol–water partition coefficient (Wildman–Crippen LogP) is 4.00. The van der Waals surface area contributed by atoms with Gasteiger partial charge < -0.3 is 26.5 Å². The topological polar surface area (TPSA) is 118 Å². The molecule has 0 aliphatic rings. The number of imidazole rings is 1. The van der Waals surface area contributed by atoms with E-state index in [1.54, 1.807) is 0 Å². The number of rotatable bonds is 10. The third-order valence-corrected chi connectivity index (χ3v) is 6.58. The molecule has 7 heteroatoms. The van der Waals surface area contributed by atoms with Crippen LogP contribution in [0, 0.1) is 5.41 Å². The fraction of sp³-hybridized carbons (Fsp3) is 0.407. The molecule has 4 rings (SSSR count). The Labute approximate surface area is 201 Å². The highest BCUT2D eigenvalue weighted by molar-refractivity contribution is 6.06. The number of anilines is 1. The van der Waals surface area contributed by atoms with Gasteiger partial charge in [-0.1, -0.05) is 56.3 Å². The van der Waals surface area contributed by atoms with Gasteiger partial charge in [0.05, 0.1) is 11.0 Å². The van der Waals surface area contributed by atoms with Crippen molar-refractivity contribution in [3.05, 3.63) is 65.5 Å². The van der Waals surface area contributed by atoms with Gasteiger partial charge in [0.25, 0.3) is 0 Å². The summed E-state index contributed by atoms with van der Waals surface area (Å²) in [5, 5.41) is 1.03. The van der Waals surface area contributed by atoms with E-state index >= 15 is 0 Å². The van der Waals surface area contributed by atoms with Gasteiger partial charge in [0.2, 0.25) is 0 Å². The van der Waals surface area contributed by atoms with Crippen LogP contribution in [-0.4, -0.2) is 33.7 Å². The van der Waals surface area contributed by atoms with Gasteiger partial charge in [-0.3, -0.25) is 0 Å². The lowest BCUT2D eigenvalue weighted by Gasteiger charge is -2.32. The number of aromatic nitrogens is 3. The smallest absolute Gasteiger partial charge is 0.152 e. The Balaban J connectivity index is 1.84. The lowest BCUT2D eigenvalue weighted by atomic mass is 9.83. The summed E-state index contributed by atoms with van der Waals surface area (Å²) in [5.41, 5.74) is 23.6. The maximum absolute atomic E-state index is 6.53. The van der Waals surface area contributed by atoms with Gasteiger partial charge in [-0.05, 0) is 48.9 Å². The van der Waals surface area contributed by atoms with E-state index < -0.39 is 0 Å². The highest BCUT2D eigenvalue weighted by atomic mass is 16.5. The van der Waals surface area contributed by atoms with Crippen molar-refractivity contribution >= 4 is 27.8 Å². The average Bonchev–Trinajstić information content (AvgIpc) is 3.17. The third-order valence-electron chi connectivity index (χ3n) is 6.58. The summed E-state index contributed by atoms with van der Waals surface area (Å²) in [7, 11) is 0. The average molecular weight is 461 g/mol. The van der Waals surface area contributed by atoms with Crippen LogP contribution in [0.5, 0.6) is 0 Å². The van der Waals surface area contributed by atoms with Gasteiger partial charge in [-0.15, -0.1) is 0 Å². The monoisotopic (exact) mass is 460 g/mol. The largest absolute Gasteiger partial charge is 0.382 e. The summed E-state index contributed by atoms with van der Waals surface area (Å²) in [6.07, 6.45) is 1.60. The maximum atomic E-state index is 6.53. The zero-order valence-electron chi connectivity index (χ0n) is 20.4. The molecule has 0 aliphatic carbocycles. The molecule has 34 heavy (non-hydrogen) atoms. The van der Waals surface area contributed by atoms with Crippen molar-refractivity contribution in [1.29, 1.82) is 0 Å². The number of ether oxygens (including phenoxy) is 1. The molecule has 2 aromatic carbocycles. The number of nitrogens with two attached hydrogens (primary N) is 3. The number of hydrogen-bond acceptors (Lipinski definition) is 6. The van der Waals surface area contributed by atoms with E-state index in [1.807, 2.05) is 13.0 Å². The van der Waals surface area contributed by atoms with E-state index in [9.17, 15) is 0 Å². The van der Waals surface area contributed by atoms with E-state index in [2.05, 4.69) is 60.9 Å². The number of benzene rings is 2. The second-order valence-corrected chi connectivity index (χ2v) is 9.63. The zero-order valence-corrected chi connectivity index (χ0v) is 20.4. The van der Waals surface area contributed by atoms with Gasteiger partial charge in [-0.2, -0.15) is 0 Å². The molecule has 180 valence electrons. The van der Waals surface area contributed by atoms with E-state index in [-0.39, 0.29) is 11.5 Å². The first-order valence-electron chi connectivity index (χ1n) is 12.0. The fourth-order valence-corrected chi connectivity index (χ4v) is 4.51. The molecule has 0 amide bonds. The molecular weight excluding hydrogens is 424 g/mol. The first-order chi connectivity index (χ1) is 16.3. The third kappa shape index (κ3) is 4.92. The molecular formula is C27H36N6O. The minimum absolute atomic E-state index is 0.0437. The summed E-state index contributed by atoms with van der Waals surface area (Å²) >= 11 is 0. The Kier molecular flexibility index (Phi) is 7.16. The molecule has 0 radical (unpaired) electrons. The summed E-state index contributed by atoms with van der Waals surface area (Å²) in [5.74, 6) is 1.26. The Morgan fingerprint density at radius 3 is 2.53 bits per heavy atom. The lowest BCUT2D eigenvalue weighted by Crippen LogP contribution is -2.42. The molecule has 4 aromatic rings. The SMILES string of the molecule is CCOCc1nc2c(N)nc3cc(Cc4ccccc4)ccc3c2n1CC(C)(C)C(N)CCN. The van der Waals surface area contributed by atoms with Crippen LogP contribution < -0.4 is 17.2 Å². The molecule has 2 aromatic heterocycles. The quantitative estimate of drug-likeness (QED) is 0.329. The number of hydrogen-bond donors (Lipinski definition) is 3. The molecule has 2 heterocycles. The van der Waals surface area contributed by atoms with Gasteiger partial charge in [0, 0.05) is 24.6 Å². The molecule has 0 saturated heterocycles. The summed E-state index contributed by atoms with van der Waals surface area (Å²) in [6, 6.07) is 16.8.